The zero-order valence-corrected chi connectivity index (χ0v) is 9.91. The number of nitrogens with one attached hydrogen (secondary N) is 1. The third-order valence-corrected chi connectivity index (χ3v) is 2.89. The molecule has 0 bridgehead atoms. The van der Waals surface area contributed by atoms with Crippen LogP contribution in [0.3, 0.4) is 0 Å². The van der Waals surface area contributed by atoms with Crippen molar-refractivity contribution >= 4 is 17.7 Å². The van der Waals surface area contributed by atoms with Gasteiger partial charge in [0.2, 0.25) is 0 Å². The SMILES string of the molecule is CCNC(CCSc1cnccn1)C(=O)O. The molecule has 0 saturated heterocycles. The van der Waals surface area contributed by atoms with Crippen LogP contribution in [0.1, 0.15) is 13.3 Å². The van der Waals surface area contributed by atoms with E-state index in [1.165, 1.54) is 11.8 Å². The van der Waals surface area contributed by atoms with Crippen molar-refractivity contribution in [1.82, 2.24) is 15.3 Å². The maximum atomic E-state index is 10.8. The van der Waals surface area contributed by atoms with Gasteiger partial charge in [0.25, 0.3) is 0 Å². The molecular weight excluding hydrogens is 226 g/mol. The molecule has 1 rings (SSSR count). The largest absolute Gasteiger partial charge is 0.480 e. The molecule has 6 heteroatoms. The molecule has 0 amide bonds. The molecule has 0 fully saturated rings. The highest BCUT2D eigenvalue weighted by Gasteiger charge is 2.15. The van der Waals surface area contributed by atoms with Gasteiger partial charge in [-0.05, 0) is 13.0 Å². The highest BCUT2D eigenvalue weighted by atomic mass is 32.2. The topological polar surface area (TPSA) is 75.1 Å². The van der Waals surface area contributed by atoms with Gasteiger partial charge in [-0.1, -0.05) is 6.92 Å². The van der Waals surface area contributed by atoms with Gasteiger partial charge in [0.05, 0.1) is 6.20 Å². The predicted octanol–water partition coefficient (Wildman–Crippen LogP) is 1.02. The highest BCUT2D eigenvalue weighted by molar-refractivity contribution is 7.99. The van der Waals surface area contributed by atoms with E-state index >= 15 is 0 Å². The zero-order valence-electron chi connectivity index (χ0n) is 9.09. The summed E-state index contributed by atoms with van der Waals surface area (Å²) >= 11 is 1.52. The molecular formula is C10H15N3O2S. The first-order valence-corrected chi connectivity index (χ1v) is 6.07. The van der Waals surface area contributed by atoms with Crippen molar-refractivity contribution < 1.29 is 9.90 Å². The predicted molar refractivity (Wildman–Crippen MR) is 62.5 cm³/mol. The lowest BCUT2D eigenvalue weighted by Gasteiger charge is -2.11. The molecule has 0 aliphatic carbocycles. The number of hydrogen-bond acceptors (Lipinski definition) is 5. The fourth-order valence-electron chi connectivity index (χ4n) is 1.20. The fraction of sp³-hybridized carbons (Fsp3) is 0.500. The smallest absolute Gasteiger partial charge is 0.320 e. The Bertz CT molecular complexity index is 321. The van der Waals surface area contributed by atoms with Crippen molar-refractivity contribution in [3.63, 3.8) is 0 Å². The van der Waals surface area contributed by atoms with Crippen LogP contribution < -0.4 is 5.32 Å². The van der Waals surface area contributed by atoms with Gasteiger partial charge in [-0.3, -0.25) is 9.78 Å². The van der Waals surface area contributed by atoms with E-state index in [0.29, 0.717) is 18.7 Å². The molecule has 5 nitrogen and oxygen atoms in total. The van der Waals surface area contributed by atoms with E-state index < -0.39 is 12.0 Å². The Morgan fingerprint density at radius 3 is 3.00 bits per heavy atom. The summed E-state index contributed by atoms with van der Waals surface area (Å²) in [5.74, 6) is -0.0931. The maximum Gasteiger partial charge on any atom is 0.320 e. The first-order valence-electron chi connectivity index (χ1n) is 5.09. The minimum Gasteiger partial charge on any atom is -0.480 e. The summed E-state index contributed by atoms with van der Waals surface area (Å²) in [5.41, 5.74) is 0. The molecule has 0 spiro atoms. The Hall–Kier alpha value is -1.14. The summed E-state index contributed by atoms with van der Waals surface area (Å²) in [4.78, 5) is 18.9. The summed E-state index contributed by atoms with van der Waals surface area (Å²) in [6.07, 6.45) is 5.49. The number of likely N-dealkylation sites (N-methyl/N-ethyl adjacent to an activating group) is 1. The quantitative estimate of drug-likeness (QED) is 0.694. The summed E-state index contributed by atoms with van der Waals surface area (Å²) in [5, 5.41) is 12.6. The van der Waals surface area contributed by atoms with E-state index in [1.54, 1.807) is 18.6 Å². The second-order valence-corrected chi connectivity index (χ2v) is 4.24. The van der Waals surface area contributed by atoms with Crippen molar-refractivity contribution in [3.8, 4) is 0 Å². The first kappa shape index (κ1) is 12.9. The van der Waals surface area contributed by atoms with Crippen LogP contribution in [0.2, 0.25) is 0 Å². The standard InChI is InChI=1S/C10H15N3O2S/c1-2-12-8(10(14)15)3-6-16-9-7-11-4-5-13-9/h4-5,7-8,12H,2-3,6H2,1H3,(H,14,15). The van der Waals surface area contributed by atoms with E-state index in [9.17, 15) is 4.79 Å². The average Bonchev–Trinajstić information content (AvgIpc) is 2.29. The lowest BCUT2D eigenvalue weighted by atomic mass is 10.2. The number of rotatable bonds is 7. The molecule has 88 valence electrons. The van der Waals surface area contributed by atoms with Crippen LogP contribution in [-0.4, -0.2) is 39.4 Å². The average molecular weight is 241 g/mol. The number of nitrogens with zero attached hydrogens (tertiary/aromatic N) is 2. The van der Waals surface area contributed by atoms with Gasteiger partial charge in [0.15, 0.2) is 0 Å². The van der Waals surface area contributed by atoms with Crippen LogP contribution in [0, 0.1) is 0 Å². The molecule has 1 atom stereocenters. The van der Waals surface area contributed by atoms with Crippen molar-refractivity contribution in [2.75, 3.05) is 12.3 Å². The number of aromatic nitrogens is 2. The zero-order chi connectivity index (χ0) is 11.8. The third kappa shape index (κ3) is 4.59. The number of hydrogen-bond donors (Lipinski definition) is 2. The molecule has 1 aromatic heterocycles. The molecule has 1 heterocycles. The second-order valence-electron chi connectivity index (χ2n) is 3.13. The molecule has 0 aromatic carbocycles. The number of carbonyl (C=O) groups is 1. The Kier molecular flexibility index (Phi) is 5.81. The number of aliphatic carboxylic acids is 1. The number of carboxylic acids is 1. The normalized spacial score (nSPS) is 12.3. The van der Waals surface area contributed by atoms with Crippen LogP contribution >= 0.6 is 11.8 Å². The van der Waals surface area contributed by atoms with Crippen LogP contribution in [0.4, 0.5) is 0 Å². The van der Waals surface area contributed by atoms with Crippen LogP contribution in [0.25, 0.3) is 0 Å². The van der Waals surface area contributed by atoms with Crippen molar-refractivity contribution in [2.24, 2.45) is 0 Å². The number of thioether (sulfide) groups is 1. The summed E-state index contributed by atoms with van der Waals surface area (Å²) in [7, 11) is 0. The molecule has 16 heavy (non-hydrogen) atoms. The third-order valence-electron chi connectivity index (χ3n) is 1.94. The molecule has 0 saturated carbocycles. The lowest BCUT2D eigenvalue weighted by molar-refractivity contribution is -0.139. The Labute approximate surface area is 98.7 Å². The van der Waals surface area contributed by atoms with Gasteiger partial charge in [0.1, 0.15) is 11.1 Å². The van der Waals surface area contributed by atoms with Gasteiger partial charge in [-0.15, -0.1) is 11.8 Å². The van der Waals surface area contributed by atoms with Crippen molar-refractivity contribution in [2.45, 2.75) is 24.4 Å². The van der Waals surface area contributed by atoms with Crippen LogP contribution in [0.5, 0.6) is 0 Å². The second kappa shape index (κ2) is 7.19. The molecule has 2 N–H and O–H groups in total. The lowest BCUT2D eigenvalue weighted by Crippen LogP contribution is -2.36. The van der Waals surface area contributed by atoms with E-state index in [2.05, 4.69) is 15.3 Å². The summed E-state index contributed by atoms with van der Waals surface area (Å²) in [6, 6.07) is -0.478. The van der Waals surface area contributed by atoms with Gasteiger partial charge in [0, 0.05) is 18.1 Å². The molecule has 0 aliphatic rings. The minimum absolute atomic E-state index is 0.478. The van der Waals surface area contributed by atoms with Gasteiger partial charge in [-0.2, -0.15) is 0 Å². The maximum absolute atomic E-state index is 10.8. The number of carboxylic acid groups (broad SMARTS) is 1. The van der Waals surface area contributed by atoms with Gasteiger partial charge >= 0.3 is 5.97 Å². The fourth-order valence-corrected chi connectivity index (χ4v) is 2.03. The molecule has 1 aromatic rings. The Morgan fingerprint density at radius 1 is 1.62 bits per heavy atom. The Balaban J connectivity index is 2.31. The molecule has 0 radical (unpaired) electrons. The van der Waals surface area contributed by atoms with Crippen molar-refractivity contribution in [1.29, 1.82) is 0 Å². The Morgan fingerprint density at radius 2 is 2.44 bits per heavy atom. The highest BCUT2D eigenvalue weighted by Crippen LogP contribution is 2.14. The van der Waals surface area contributed by atoms with Crippen LogP contribution in [-0.2, 0) is 4.79 Å². The van der Waals surface area contributed by atoms with E-state index in [-0.39, 0.29) is 0 Å². The van der Waals surface area contributed by atoms with Crippen molar-refractivity contribution in [3.05, 3.63) is 18.6 Å². The molecule has 0 aliphatic heterocycles. The minimum atomic E-state index is -0.804. The van der Waals surface area contributed by atoms with E-state index in [1.807, 2.05) is 6.92 Å². The monoisotopic (exact) mass is 241 g/mol. The van der Waals surface area contributed by atoms with Gasteiger partial charge in [-0.25, -0.2) is 4.98 Å². The van der Waals surface area contributed by atoms with E-state index in [4.69, 9.17) is 5.11 Å². The van der Waals surface area contributed by atoms with Crippen LogP contribution in [0.15, 0.2) is 23.6 Å². The first-order chi connectivity index (χ1) is 7.74. The van der Waals surface area contributed by atoms with E-state index in [0.717, 1.165) is 5.03 Å². The summed E-state index contributed by atoms with van der Waals surface area (Å²) in [6.45, 7) is 2.55. The molecule has 1 unspecified atom stereocenters. The summed E-state index contributed by atoms with van der Waals surface area (Å²) < 4.78 is 0. The van der Waals surface area contributed by atoms with Gasteiger partial charge < -0.3 is 10.4 Å².